The fourth-order valence-electron chi connectivity index (χ4n) is 1.87. The molecule has 4 rings (SSSR count). The predicted octanol–water partition coefficient (Wildman–Crippen LogP) is 5.64. The van der Waals surface area contributed by atoms with Gasteiger partial charge in [-0.1, -0.05) is 0 Å². The Morgan fingerprint density at radius 1 is 0.706 bits per heavy atom. The van der Waals surface area contributed by atoms with Crippen molar-refractivity contribution in [2.75, 3.05) is 0 Å². The third-order valence-corrected chi connectivity index (χ3v) is 3.35. The van der Waals surface area contributed by atoms with Gasteiger partial charge in [0.05, 0.1) is 11.1 Å². The molecule has 0 radical (unpaired) electrons. The maximum absolute atomic E-state index is 12.2. The summed E-state index contributed by atoms with van der Waals surface area (Å²) >= 11 is 2.03. The molecule has 0 unspecified atom stereocenters. The number of carbonyl (C=O) groups is 2. The van der Waals surface area contributed by atoms with Crippen LogP contribution in [-0.2, 0) is 19.2 Å². The second-order valence-electron chi connectivity index (χ2n) is 5.63. The van der Waals surface area contributed by atoms with Crippen LogP contribution in [0.15, 0.2) is 85.0 Å². The van der Waals surface area contributed by atoms with Crippen molar-refractivity contribution < 1.29 is 47.8 Å². The van der Waals surface area contributed by atoms with Crippen LogP contribution in [0.5, 0.6) is 0 Å². The van der Waals surface area contributed by atoms with Gasteiger partial charge in [0, 0.05) is 0 Å². The van der Waals surface area contributed by atoms with Crippen molar-refractivity contribution in [3.05, 3.63) is 135 Å². The van der Waals surface area contributed by atoms with Gasteiger partial charge in [-0.2, -0.15) is 12.2 Å². The third-order valence-electron chi connectivity index (χ3n) is 3.35. The zero-order chi connectivity index (χ0) is 24.2. The van der Waals surface area contributed by atoms with Gasteiger partial charge in [0.25, 0.3) is 0 Å². The zero-order valence-corrected chi connectivity index (χ0v) is 22.1. The zero-order valence-electron chi connectivity index (χ0n) is 19.2. The van der Waals surface area contributed by atoms with Crippen LogP contribution in [0.1, 0.15) is 33.6 Å². The molecular formula is C26H28F2O4SiTi-4. The standard InChI is InChI=1S/2C7H5FO2.2C5H5.2CH3.H2Si.Ti/c2*8-6-3-1-5(2-4-6)7(9)10;2*1-2-4-5-3-1;;;;/h2*1-4H,(H,9,10);2*1-3H,4H2;2*1H3;1H2;/q;;4*-1;;. The molecule has 34 heavy (non-hydrogen) atoms. The van der Waals surface area contributed by atoms with Gasteiger partial charge < -0.3 is 25.1 Å². The van der Waals surface area contributed by atoms with E-state index in [1.165, 1.54) is 24.3 Å². The first-order valence-electron chi connectivity index (χ1n) is 9.16. The van der Waals surface area contributed by atoms with Crippen LogP contribution in [0.3, 0.4) is 0 Å². The third kappa shape index (κ3) is 18.7. The van der Waals surface area contributed by atoms with Gasteiger partial charge >= 0.3 is 38.7 Å². The molecule has 4 nitrogen and oxygen atoms in total. The number of carboxylic acid groups (broad SMARTS) is 2. The Morgan fingerprint density at radius 2 is 1.00 bits per heavy atom. The Balaban J connectivity index is -0.000000375. The van der Waals surface area contributed by atoms with E-state index < -0.39 is 23.6 Å². The monoisotopic (exact) mass is 518 g/mol. The van der Waals surface area contributed by atoms with Gasteiger partial charge in [0.1, 0.15) is 11.6 Å². The first-order chi connectivity index (χ1) is 15.4. The number of rotatable bonds is 2. The van der Waals surface area contributed by atoms with Crippen LogP contribution >= 0.6 is 0 Å². The van der Waals surface area contributed by atoms with E-state index in [9.17, 15) is 18.4 Å². The average Bonchev–Trinajstić information content (AvgIpc) is 3.55. The molecule has 0 bridgehead atoms. The summed E-state index contributed by atoms with van der Waals surface area (Å²) in [7, 11) is 1.86. The summed E-state index contributed by atoms with van der Waals surface area (Å²) in [5.41, 5.74) is 0.197. The second kappa shape index (κ2) is 23.3. The summed E-state index contributed by atoms with van der Waals surface area (Å²) in [4.78, 5) is 20.4. The van der Waals surface area contributed by atoms with Gasteiger partial charge in [-0.3, -0.25) is 12.2 Å². The number of aromatic carboxylic acids is 2. The van der Waals surface area contributed by atoms with Crippen LogP contribution in [0.2, 0.25) is 0 Å². The number of allylic oxidation sites excluding steroid dienone is 8. The topological polar surface area (TPSA) is 74.6 Å². The molecule has 2 aromatic rings. The molecule has 0 fully saturated rings. The van der Waals surface area contributed by atoms with Gasteiger partial charge in [0.2, 0.25) is 0 Å². The molecule has 2 aliphatic carbocycles. The van der Waals surface area contributed by atoms with Crippen molar-refractivity contribution in [2.45, 2.75) is 12.8 Å². The van der Waals surface area contributed by atoms with Crippen LogP contribution < -0.4 is 0 Å². The molecule has 0 saturated heterocycles. The fourth-order valence-corrected chi connectivity index (χ4v) is 1.87. The predicted molar refractivity (Wildman–Crippen MR) is 131 cm³/mol. The molecule has 2 aliphatic rings. The first-order valence-corrected chi connectivity index (χ1v) is 13.2. The molecule has 0 amide bonds. The Hall–Kier alpha value is -2.87. The molecule has 0 saturated carbocycles. The molecule has 0 atom stereocenters. The van der Waals surface area contributed by atoms with Gasteiger partial charge in [-0.25, -0.2) is 42.7 Å². The number of hydrogen-bond acceptors (Lipinski definition) is 2. The normalized spacial score (nSPS) is 10.7. The fraction of sp³-hybridized carbons (Fsp3) is 0.0769. The Labute approximate surface area is 214 Å². The van der Waals surface area contributed by atoms with Crippen molar-refractivity contribution in [1.29, 1.82) is 0 Å². The van der Waals surface area contributed by atoms with Crippen molar-refractivity contribution in [3.63, 3.8) is 0 Å². The van der Waals surface area contributed by atoms with E-state index in [1.807, 2.05) is 51.1 Å². The first kappa shape index (κ1) is 35.7. The van der Waals surface area contributed by atoms with Crippen LogP contribution in [0.4, 0.5) is 8.78 Å². The Morgan fingerprint density at radius 3 is 1.15 bits per heavy atom. The molecule has 2 aromatic carbocycles. The van der Waals surface area contributed by atoms with Gasteiger partial charge in [-0.15, -0.1) is 12.8 Å². The van der Waals surface area contributed by atoms with Gasteiger partial charge in [0.15, 0.2) is 0 Å². The summed E-state index contributed by atoms with van der Waals surface area (Å²) < 4.78 is 24.3. The molecular weight excluding hydrogens is 490 g/mol. The molecule has 182 valence electrons. The van der Waals surface area contributed by atoms with Crippen LogP contribution in [-0.4, -0.2) is 29.8 Å². The summed E-state index contributed by atoms with van der Waals surface area (Å²) in [6.45, 7) is 0. The summed E-state index contributed by atoms with van der Waals surface area (Å²) in [5.74, 6) is -2.94. The minimum absolute atomic E-state index is 0. The number of benzene rings is 2. The van der Waals surface area contributed by atoms with Crippen LogP contribution in [0, 0.1) is 38.6 Å². The average molecular weight is 518 g/mol. The van der Waals surface area contributed by atoms with E-state index in [-0.39, 0.29) is 26.0 Å². The van der Waals surface area contributed by atoms with E-state index in [1.54, 1.807) is 0 Å². The van der Waals surface area contributed by atoms with E-state index in [0.717, 1.165) is 37.1 Å². The van der Waals surface area contributed by atoms with E-state index in [2.05, 4.69) is 24.3 Å². The van der Waals surface area contributed by atoms with Crippen molar-refractivity contribution in [1.82, 2.24) is 0 Å². The number of hydrogen-bond donors (Lipinski definition) is 2. The molecule has 8 heteroatoms. The van der Waals surface area contributed by atoms with Crippen molar-refractivity contribution in [2.24, 2.45) is 0 Å². The Bertz CT molecular complexity index is 841. The van der Waals surface area contributed by atoms with Crippen LogP contribution in [0.25, 0.3) is 0 Å². The van der Waals surface area contributed by atoms with E-state index >= 15 is 0 Å². The van der Waals surface area contributed by atoms with E-state index in [4.69, 9.17) is 10.2 Å². The molecule has 0 aromatic heterocycles. The minimum atomic E-state index is -1.04. The van der Waals surface area contributed by atoms with Gasteiger partial charge in [-0.05, 0) is 48.5 Å². The molecule has 2 N–H and O–H groups in total. The summed E-state index contributed by atoms with van der Waals surface area (Å²) in [6.07, 6.45) is 20.0. The van der Waals surface area contributed by atoms with Crippen molar-refractivity contribution >= 4 is 19.6 Å². The second-order valence-corrected chi connectivity index (χ2v) is 5.63. The molecule has 0 spiro atoms. The van der Waals surface area contributed by atoms with Crippen molar-refractivity contribution in [3.8, 4) is 0 Å². The summed E-state index contributed by atoms with van der Waals surface area (Å²) in [6, 6.07) is 9.34. The maximum atomic E-state index is 12.2. The number of halogens is 2. The number of carboxylic acids is 2. The SMILES string of the molecule is O=C(O)c1ccc(F)cc1.O=C(O)c1ccc(F)cc1.[C-]1=CC=CC1.[C-]1=CC=CC1.[CH3-].[CH3-].[SiH2]=[Ti]. The Kier molecular flexibility index (Phi) is 24.5. The molecule has 0 heterocycles. The quantitative estimate of drug-likeness (QED) is 0.399. The summed E-state index contributed by atoms with van der Waals surface area (Å²) in [5, 5.41) is 16.7. The van der Waals surface area contributed by atoms with E-state index in [0.29, 0.717) is 0 Å². The molecule has 0 aliphatic heterocycles.